The van der Waals surface area contributed by atoms with Gasteiger partial charge in [-0.25, -0.2) is 9.59 Å². The van der Waals surface area contributed by atoms with Gasteiger partial charge in [0.05, 0.1) is 13.2 Å². The fraction of sp³-hybridized carbons (Fsp3) is 0.837. The van der Waals surface area contributed by atoms with Crippen LogP contribution >= 0.6 is 0 Å². The van der Waals surface area contributed by atoms with E-state index in [-0.39, 0.29) is 0 Å². The molecule has 1 fully saturated rings. The van der Waals surface area contributed by atoms with Gasteiger partial charge in [0.25, 0.3) is 0 Å². The molecule has 0 bridgehead atoms. The van der Waals surface area contributed by atoms with E-state index in [1.807, 2.05) is 6.92 Å². The highest BCUT2D eigenvalue weighted by Gasteiger charge is 2.52. The van der Waals surface area contributed by atoms with Gasteiger partial charge in [-0.15, -0.1) is 0 Å². The normalized spacial score (nSPS) is 18.7. The lowest BCUT2D eigenvalue weighted by atomic mass is 10.1. The van der Waals surface area contributed by atoms with Crippen molar-refractivity contribution in [1.29, 1.82) is 0 Å². The van der Waals surface area contributed by atoms with Crippen LogP contribution in [0.1, 0.15) is 214 Å². The van der Waals surface area contributed by atoms with E-state index < -0.39 is 29.9 Å². The van der Waals surface area contributed by atoms with Crippen molar-refractivity contribution in [2.24, 2.45) is 0 Å². The molecule has 0 aromatic carbocycles. The van der Waals surface area contributed by atoms with E-state index in [4.69, 9.17) is 18.9 Å². The summed E-state index contributed by atoms with van der Waals surface area (Å²) in [7, 11) is 2.11. The van der Waals surface area contributed by atoms with Crippen LogP contribution in [-0.2, 0) is 28.5 Å². The van der Waals surface area contributed by atoms with E-state index in [1.165, 1.54) is 116 Å². The van der Waals surface area contributed by atoms with Gasteiger partial charge in [-0.3, -0.25) is 0 Å². The smallest absolute Gasteiger partial charge is 0.338 e. The Hall–Kier alpha value is -1.96. The Morgan fingerprint density at radius 2 is 0.893 bits per heavy atom. The van der Waals surface area contributed by atoms with Gasteiger partial charge < -0.3 is 23.8 Å². The summed E-state index contributed by atoms with van der Waals surface area (Å²) >= 11 is 0. The van der Waals surface area contributed by atoms with Crippen LogP contribution in [0.5, 0.6) is 0 Å². The summed E-state index contributed by atoms with van der Waals surface area (Å²) in [6.45, 7) is 11.1. The van der Waals surface area contributed by atoms with Crippen molar-refractivity contribution >= 4 is 11.9 Å². The first-order chi connectivity index (χ1) is 27.4. The first-order valence-corrected chi connectivity index (χ1v) is 23.7. The lowest BCUT2D eigenvalue weighted by Gasteiger charge is -2.23. The number of esters is 2. The first kappa shape index (κ1) is 52.1. The summed E-state index contributed by atoms with van der Waals surface area (Å²) in [6.07, 6.45) is 45.2. The summed E-state index contributed by atoms with van der Waals surface area (Å²) in [5.41, 5.74) is 0. The summed E-state index contributed by atoms with van der Waals surface area (Å²) < 4.78 is 23.7. The maximum absolute atomic E-state index is 13.2. The van der Waals surface area contributed by atoms with E-state index >= 15 is 0 Å². The predicted octanol–water partition coefficient (Wildman–Crippen LogP) is 13.5. The monoisotopic (exact) mass is 788 g/mol. The molecule has 1 aliphatic heterocycles. The molecule has 326 valence electrons. The number of hydrogen-bond acceptors (Lipinski definition) is 7. The fourth-order valence-corrected chi connectivity index (χ4v) is 7.09. The molecule has 1 aliphatic rings. The van der Waals surface area contributed by atoms with Gasteiger partial charge >= 0.3 is 11.9 Å². The number of rotatable bonds is 39. The number of ether oxygens (including phenoxy) is 4. The minimum atomic E-state index is -1.10. The molecule has 1 rings (SSSR count). The summed E-state index contributed by atoms with van der Waals surface area (Å²) in [5.74, 6) is -2.08. The first-order valence-electron chi connectivity index (χ1n) is 23.7. The molecule has 3 unspecified atom stereocenters. The number of carbonyl (C=O) groups is 2. The average molecular weight is 788 g/mol. The van der Waals surface area contributed by atoms with Crippen LogP contribution in [0, 0.1) is 0 Å². The Balaban J connectivity index is 2.32. The zero-order valence-electron chi connectivity index (χ0n) is 37.4. The van der Waals surface area contributed by atoms with E-state index in [2.05, 4.69) is 69.2 Å². The SMILES string of the molecule is CCCCC/C=C\C/C=C\CCCCCCCCOC(=O)C1OC(C)(CCCCN(C)CC)OC1C(=O)OCCCCCCCC/C=C\CCCCCCCC. The standard InChI is InChI=1S/C49H89NO6/c1-6-9-11-13-15-17-19-21-23-25-27-29-31-33-35-39-43-53-47(51)45-46(56-49(4,55-45)41-37-38-42-50(5)8-3)48(52)54-44-40-36-34-32-30-28-26-24-22-20-18-16-14-12-10-7-2/h15,17,21-24,45-46H,6-14,16,18-20,25-44H2,1-5H3/b17-15-,23-21-,24-22-. The predicted molar refractivity (Wildman–Crippen MR) is 236 cm³/mol. The number of carbonyl (C=O) groups excluding carboxylic acids is 2. The van der Waals surface area contributed by atoms with Crippen molar-refractivity contribution in [3.8, 4) is 0 Å². The van der Waals surface area contributed by atoms with E-state index in [1.54, 1.807) is 0 Å². The molecule has 0 N–H and O–H groups in total. The second-order valence-corrected chi connectivity index (χ2v) is 16.4. The van der Waals surface area contributed by atoms with E-state index in [0.717, 1.165) is 77.3 Å². The number of allylic oxidation sites excluding steroid dienone is 6. The van der Waals surface area contributed by atoms with E-state index in [9.17, 15) is 9.59 Å². The molecule has 0 radical (unpaired) electrons. The van der Waals surface area contributed by atoms with Crippen LogP contribution in [0.15, 0.2) is 36.5 Å². The summed E-state index contributed by atoms with van der Waals surface area (Å²) in [4.78, 5) is 28.8. The topological polar surface area (TPSA) is 74.3 Å². The Morgan fingerprint density at radius 3 is 1.34 bits per heavy atom. The molecule has 0 aromatic rings. The molecule has 0 amide bonds. The average Bonchev–Trinajstić information content (AvgIpc) is 3.56. The Kier molecular flexibility index (Phi) is 34.7. The van der Waals surface area contributed by atoms with E-state index in [0.29, 0.717) is 19.6 Å². The molecule has 1 saturated heterocycles. The minimum Gasteiger partial charge on any atom is -0.464 e. The molecule has 0 spiro atoms. The Bertz CT molecular complexity index is 1010. The Morgan fingerprint density at radius 1 is 0.518 bits per heavy atom. The maximum Gasteiger partial charge on any atom is 0.338 e. The minimum absolute atomic E-state index is 0.324. The second kappa shape index (κ2) is 37.3. The third-order valence-electron chi connectivity index (χ3n) is 10.9. The van der Waals surface area contributed by atoms with Gasteiger partial charge in [-0.2, -0.15) is 0 Å². The maximum atomic E-state index is 13.2. The molecule has 0 saturated carbocycles. The van der Waals surface area contributed by atoms with Crippen molar-refractivity contribution in [2.45, 2.75) is 232 Å². The van der Waals surface area contributed by atoms with Crippen molar-refractivity contribution in [2.75, 3.05) is 33.4 Å². The van der Waals surface area contributed by atoms with Gasteiger partial charge in [-0.05, 0) is 111 Å². The highest BCUT2D eigenvalue weighted by atomic mass is 16.8. The molecule has 0 aromatic heterocycles. The molecule has 1 heterocycles. The molecule has 3 atom stereocenters. The van der Waals surface area contributed by atoms with Gasteiger partial charge in [0.2, 0.25) is 0 Å². The second-order valence-electron chi connectivity index (χ2n) is 16.4. The van der Waals surface area contributed by atoms with Gasteiger partial charge in [0, 0.05) is 6.42 Å². The summed E-state index contributed by atoms with van der Waals surface area (Å²) in [6, 6.07) is 0. The zero-order chi connectivity index (χ0) is 40.8. The number of hydrogen-bond donors (Lipinski definition) is 0. The van der Waals surface area contributed by atoms with Gasteiger partial charge in [0.1, 0.15) is 0 Å². The van der Waals surface area contributed by atoms with Crippen LogP contribution in [0.2, 0.25) is 0 Å². The third-order valence-corrected chi connectivity index (χ3v) is 10.9. The molecular formula is C49H89NO6. The molecule has 0 aliphatic carbocycles. The van der Waals surface area contributed by atoms with Gasteiger partial charge in [0.15, 0.2) is 18.0 Å². The quantitative estimate of drug-likeness (QED) is 0.0349. The van der Waals surface area contributed by atoms with Crippen LogP contribution in [0.3, 0.4) is 0 Å². The van der Waals surface area contributed by atoms with Crippen molar-refractivity contribution in [3.05, 3.63) is 36.5 Å². The molecular weight excluding hydrogens is 699 g/mol. The molecule has 7 nitrogen and oxygen atoms in total. The van der Waals surface area contributed by atoms with Crippen molar-refractivity contribution in [3.63, 3.8) is 0 Å². The zero-order valence-corrected chi connectivity index (χ0v) is 37.4. The molecule has 56 heavy (non-hydrogen) atoms. The van der Waals surface area contributed by atoms with Crippen LogP contribution in [0.25, 0.3) is 0 Å². The highest BCUT2D eigenvalue weighted by Crippen LogP contribution is 2.34. The Labute approximate surface area is 346 Å². The van der Waals surface area contributed by atoms with Crippen LogP contribution in [0.4, 0.5) is 0 Å². The lowest BCUT2D eigenvalue weighted by molar-refractivity contribution is -0.184. The fourth-order valence-electron chi connectivity index (χ4n) is 7.09. The lowest BCUT2D eigenvalue weighted by Crippen LogP contribution is -2.39. The van der Waals surface area contributed by atoms with Crippen molar-refractivity contribution in [1.82, 2.24) is 4.90 Å². The third kappa shape index (κ3) is 29.3. The van der Waals surface area contributed by atoms with Crippen LogP contribution < -0.4 is 0 Å². The summed E-state index contributed by atoms with van der Waals surface area (Å²) in [5, 5.41) is 0. The number of unbranched alkanes of at least 4 members (excludes halogenated alkanes) is 22. The largest absolute Gasteiger partial charge is 0.464 e. The van der Waals surface area contributed by atoms with Gasteiger partial charge in [-0.1, -0.05) is 154 Å². The highest BCUT2D eigenvalue weighted by molar-refractivity contribution is 5.86. The van der Waals surface area contributed by atoms with Crippen molar-refractivity contribution < 1.29 is 28.5 Å². The number of nitrogens with zero attached hydrogens (tertiary/aromatic N) is 1. The molecule has 7 heteroatoms. The van der Waals surface area contributed by atoms with Crippen LogP contribution in [-0.4, -0.2) is 68.2 Å².